The molecule has 1 atom stereocenters. The SMILES string of the molecule is CCN(C[C@H]1CC(c2ccccc2C)=NO1)C(=O)C(C)C. The Kier molecular flexibility index (Phi) is 4.99. The fraction of sp³-hybridized carbons (Fsp3) is 0.529. The van der Waals surface area contributed by atoms with E-state index in [4.69, 9.17) is 4.84 Å². The molecule has 0 aliphatic carbocycles. The molecule has 0 bridgehead atoms. The number of hydrogen-bond acceptors (Lipinski definition) is 3. The highest BCUT2D eigenvalue weighted by atomic mass is 16.6. The number of nitrogens with zero attached hydrogens (tertiary/aromatic N) is 2. The van der Waals surface area contributed by atoms with Crippen LogP contribution in [0.2, 0.25) is 0 Å². The maximum atomic E-state index is 12.1. The zero-order valence-electron chi connectivity index (χ0n) is 13.3. The molecule has 21 heavy (non-hydrogen) atoms. The second kappa shape index (κ2) is 6.74. The van der Waals surface area contributed by atoms with E-state index >= 15 is 0 Å². The molecule has 0 saturated carbocycles. The highest BCUT2D eigenvalue weighted by molar-refractivity contribution is 6.02. The molecule has 4 heteroatoms. The number of likely N-dealkylation sites (N-methyl/N-ethyl adjacent to an activating group) is 1. The number of benzene rings is 1. The fourth-order valence-electron chi connectivity index (χ4n) is 2.57. The van der Waals surface area contributed by atoms with Crippen LogP contribution >= 0.6 is 0 Å². The average Bonchev–Trinajstić information content (AvgIpc) is 2.92. The Morgan fingerprint density at radius 1 is 1.43 bits per heavy atom. The molecule has 0 unspecified atom stereocenters. The van der Waals surface area contributed by atoms with E-state index in [1.54, 1.807) is 0 Å². The van der Waals surface area contributed by atoms with Crippen LogP contribution in [0.4, 0.5) is 0 Å². The van der Waals surface area contributed by atoms with Gasteiger partial charge in [-0.3, -0.25) is 4.79 Å². The minimum atomic E-state index is -0.0396. The maximum Gasteiger partial charge on any atom is 0.225 e. The molecule has 4 nitrogen and oxygen atoms in total. The van der Waals surface area contributed by atoms with E-state index in [1.165, 1.54) is 5.56 Å². The van der Waals surface area contributed by atoms with Crippen molar-refractivity contribution in [1.29, 1.82) is 0 Å². The molecule has 1 heterocycles. The van der Waals surface area contributed by atoms with Gasteiger partial charge < -0.3 is 9.74 Å². The van der Waals surface area contributed by atoms with Crippen LogP contribution < -0.4 is 0 Å². The van der Waals surface area contributed by atoms with Crippen molar-refractivity contribution in [3.63, 3.8) is 0 Å². The first-order chi connectivity index (χ1) is 10.0. The minimum absolute atomic E-state index is 0.0168. The number of carbonyl (C=O) groups is 1. The summed E-state index contributed by atoms with van der Waals surface area (Å²) in [5.41, 5.74) is 3.32. The lowest BCUT2D eigenvalue weighted by Crippen LogP contribution is -2.39. The van der Waals surface area contributed by atoms with E-state index in [9.17, 15) is 4.79 Å². The summed E-state index contributed by atoms with van der Waals surface area (Å²) in [6.07, 6.45) is 0.717. The normalized spacial score (nSPS) is 17.6. The third-order valence-electron chi connectivity index (χ3n) is 3.80. The first-order valence-electron chi connectivity index (χ1n) is 7.60. The van der Waals surface area contributed by atoms with Gasteiger partial charge in [-0.05, 0) is 19.4 Å². The van der Waals surface area contributed by atoms with E-state index in [2.05, 4.69) is 24.2 Å². The van der Waals surface area contributed by atoms with Gasteiger partial charge in [0.15, 0.2) is 6.10 Å². The van der Waals surface area contributed by atoms with E-state index in [-0.39, 0.29) is 17.9 Å². The fourth-order valence-corrected chi connectivity index (χ4v) is 2.57. The lowest BCUT2D eigenvalue weighted by Gasteiger charge is -2.24. The Balaban J connectivity index is 1.98. The first kappa shape index (κ1) is 15.5. The molecule has 1 aliphatic rings. The van der Waals surface area contributed by atoms with Gasteiger partial charge in [0.2, 0.25) is 5.91 Å². The largest absolute Gasteiger partial charge is 0.390 e. The van der Waals surface area contributed by atoms with Crippen LogP contribution in [0.5, 0.6) is 0 Å². The molecule has 0 N–H and O–H groups in total. The van der Waals surface area contributed by atoms with Crippen LogP contribution in [-0.2, 0) is 9.63 Å². The standard InChI is InChI=1S/C17H24N2O2/c1-5-19(17(20)12(2)3)11-14-10-16(18-21-14)15-9-7-6-8-13(15)4/h6-9,12,14H,5,10-11H2,1-4H3/t14-/m1/s1. The number of amides is 1. The third kappa shape index (κ3) is 3.63. The van der Waals surface area contributed by atoms with Gasteiger partial charge in [-0.1, -0.05) is 43.3 Å². The number of oxime groups is 1. The summed E-state index contributed by atoms with van der Waals surface area (Å²) in [5, 5.41) is 4.22. The molecule has 1 amide bonds. The monoisotopic (exact) mass is 288 g/mol. The second-order valence-corrected chi connectivity index (χ2v) is 5.82. The lowest BCUT2D eigenvalue weighted by molar-refractivity contribution is -0.136. The molecule has 0 spiro atoms. The molecule has 0 fully saturated rings. The molecule has 1 aromatic carbocycles. The van der Waals surface area contributed by atoms with Crippen LogP contribution in [0.25, 0.3) is 0 Å². The zero-order chi connectivity index (χ0) is 15.4. The van der Waals surface area contributed by atoms with Gasteiger partial charge in [-0.25, -0.2) is 0 Å². The van der Waals surface area contributed by atoms with E-state index in [0.717, 1.165) is 17.7 Å². The molecule has 2 rings (SSSR count). The third-order valence-corrected chi connectivity index (χ3v) is 3.80. The van der Waals surface area contributed by atoms with Crippen LogP contribution in [0.3, 0.4) is 0 Å². The summed E-state index contributed by atoms with van der Waals surface area (Å²) >= 11 is 0. The Bertz CT molecular complexity index is 537. The van der Waals surface area contributed by atoms with Crippen molar-refractivity contribution in [1.82, 2.24) is 4.90 Å². The topological polar surface area (TPSA) is 41.9 Å². The van der Waals surface area contributed by atoms with Crippen LogP contribution in [0.1, 0.15) is 38.3 Å². The minimum Gasteiger partial charge on any atom is -0.390 e. The Morgan fingerprint density at radius 2 is 2.14 bits per heavy atom. The van der Waals surface area contributed by atoms with Crippen molar-refractivity contribution in [3.8, 4) is 0 Å². The summed E-state index contributed by atoms with van der Waals surface area (Å²) in [5.74, 6) is 0.188. The van der Waals surface area contributed by atoms with Crippen molar-refractivity contribution in [2.24, 2.45) is 11.1 Å². The van der Waals surface area contributed by atoms with E-state index < -0.39 is 0 Å². The van der Waals surface area contributed by atoms with Crippen molar-refractivity contribution < 1.29 is 9.63 Å². The molecule has 0 saturated heterocycles. The number of rotatable bonds is 5. The highest BCUT2D eigenvalue weighted by Gasteiger charge is 2.27. The number of aryl methyl sites for hydroxylation is 1. The van der Waals surface area contributed by atoms with Gasteiger partial charge in [0.05, 0.1) is 12.3 Å². The Morgan fingerprint density at radius 3 is 2.76 bits per heavy atom. The molecule has 1 aromatic rings. The summed E-state index contributed by atoms with van der Waals surface area (Å²) in [6.45, 7) is 9.23. The molecule has 0 aromatic heterocycles. The van der Waals surface area contributed by atoms with Crippen molar-refractivity contribution in [3.05, 3.63) is 35.4 Å². The summed E-state index contributed by atoms with van der Waals surface area (Å²) in [4.78, 5) is 19.5. The quantitative estimate of drug-likeness (QED) is 0.836. The molecular weight excluding hydrogens is 264 g/mol. The molecule has 0 radical (unpaired) electrons. The lowest BCUT2D eigenvalue weighted by atomic mass is 10.00. The second-order valence-electron chi connectivity index (χ2n) is 5.82. The van der Waals surface area contributed by atoms with Gasteiger partial charge in [-0.15, -0.1) is 0 Å². The predicted molar refractivity (Wildman–Crippen MR) is 84.3 cm³/mol. The maximum absolute atomic E-state index is 12.1. The average molecular weight is 288 g/mol. The summed E-state index contributed by atoms with van der Waals surface area (Å²) in [7, 11) is 0. The van der Waals surface area contributed by atoms with Gasteiger partial charge in [0.1, 0.15) is 0 Å². The van der Waals surface area contributed by atoms with Crippen LogP contribution in [0, 0.1) is 12.8 Å². The Hall–Kier alpha value is -1.84. The summed E-state index contributed by atoms with van der Waals surface area (Å²) in [6, 6.07) is 8.17. The summed E-state index contributed by atoms with van der Waals surface area (Å²) < 4.78 is 0. The predicted octanol–water partition coefficient (Wildman–Crippen LogP) is 2.99. The number of carbonyl (C=O) groups excluding carboxylic acids is 1. The Labute approximate surface area is 126 Å². The van der Waals surface area contributed by atoms with E-state index in [1.807, 2.05) is 37.8 Å². The van der Waals surface area contributed by atoms with Gasteiger partial charge in [-0.2, -0.15) is 0 Å². The smallest absolute Gasteiger partial charge is 0.225 e. The number of hydrogen-bond donors (Lipinski definition) is 0. The van der Waals surface area contributed by atoms with Gasteiger partial charge in [0, 0.05) is 24.4 Å². The zero-order valence-corrected chi connectivity index (χ0v) is 13.3. The highest BCUT2D eigenvalue weighted by Crippen LogP contribution is 2.20. The van der Waals surface area contributed by atoms with Gasteiger partial charge >= 0.3 is 0 Å². The van der Waals surface area contributed by atoms with Crippen molar-refractivity contribution >= 4 is 11.6 Å². The van der Waals surface area contributed by atoms with E-state index in [0.29, 0.717) is 13.1 Å². The molecule has 114 valence electrons. The van der Waals surface area contributed by atoms with Crippen molar-refractivity contribution in [2.45, 2.75) is 40.2 Å². The van der Waals surface area contributed by atoms with Gasteiger partial charge in [0.25, 0.3) is 0 Å². The molecular formula is C17H24N2O2. The van der Waals surface area contributed by atoms with Crippen molar-refractivity contribution in [2.75, 3.05) is 13.1 Å². The first-order valence-corrected chi connectivity index (χ1v) is 7.60. The molecule has 1 aliphatic heterocycles. The van der Waals surface area contributed by atoms with Crippen LogP contribution in [0.15, 0.2) is 29.4 Å². The van der Waals surface area contributed by atoms with Crippen LogP contribution in [-0.4, -0.2) is 35.7 Å².